The van der Waals surface area contributed by atoms with E-state index < -0.39 is 0 Å². The normalized spacial score (nSPS) is 18.3. The zero-order valence-electron chi connectivity index (χ0n) is 10.00. The van der Waals surface area contributed by atoms with Gasteiger partial charge in [0.2, 0.25) is 0 Å². The van der Waals surface area contributed by atoms with E-state index in [0.29, 0.717) is 5.78 Å². The van der Waals surface area contributed by atoms with Crippen LogP contribution in [0.2, 0.25) is 0 Å². The van der Waals surface area contributed by atoms with Crippen molar-refractivity contribution in [1.82, 2.24) is 0 Å². The molecule has 0 aromatic carbocycles. The quantitative estimate of drug-likeness (QED) is 0.569. The minimum Gasteiger partial charge on any atom is -0.469 e. The molecule has 2 nitrogen and oxygen atoms in total. The van der Waals surface area contributed by atoms with Crippen LogP contribution in [0.25, 0.3) is 0 Å². The Hall–Kier alpha value is -1.05. The highest BCUT2D eigenvalue weighted by Gasteiger charge is 2.24. The first-order valence-electron chi connectivity index (χ1n) is 6.43. The van der Waals surface area contributed by atoms with Crippen molar-refractivity contribution < 1.29 is 9.21 Å². The molecule has 1 aromatic rings. The van der Waals surface area contributed by atoms with E-state index in [1.807, 2.05) is 13.0 Å². The fourth-order valence-corrected chi connectivity index (χ4v) is 2.60. The van der Waals surface area contributed by atoms with Crippen LogP contribution < -0.4 is 0 Å². The van der Waals surface area contributed by atoms with Crippen molar-refractivity contribution in [3.8, 4) is 0 Å². The Morgan fingerprint density at radius 2 is 2.00 bits per heavy atom. The van der Waals surface area contributed by atoms with Gasteiger partial charge in [0.1, 0.15) is 5.76 Å². The minimum absolute atomic E-state index is 0.241. The van der Waals surface area contributed by atoms with Crippen LogP contribution in [0.5, 0.6) is 0 Å². The van der Waals surface area contributed by atoms with Gasteiger partial charge in [-0.1, -0.05) is 32.6 Å². The Labute approximate surface area is 97.0 Å². The van der Waals surface area contributed by atoms with Gasteiger partial charge in [0.15, 0.2) is 5.78 Å². The van der Waals surface area contributed by atoms with Gasteiger partial charge in [0.25, 0.3) is 0 Å². The maximum atomic E-state index is 12.3. The van der Waals surface area contributed by atoms with Gasteiger partial charge >= 0.3 is 0 Å². The summed E-state index contributed by atoms with van der Waals surface area (Å²) in [5.74, 6) is 1.41. The van der Waals surface area contributed by atoms with Gasteiger partial charge in [0.05, 0.1) is 11.8 Å². The molecule has 16 heavy (non-hydrogen) atoms. The van der Waals surface area contributed by atoms with Gasteiger partial charge in [0, 0.05) is 12.3 Å². The first-order chi connectivity index (χ1) is 7.83. The largest absolute Gasteiger partial charge is 0.469 e. The van der Waals surface area contributed by atoms with E-state index in [1.54, 1.807) is 6.26 Å². The molecule has 0 aliphatic heterocycles. The number of carbonyl (C=O) groups is 1. The Bertz CT molecular complexity index is 343. The molecule has 0 bridgehead atoms. The zero-order chi connectivity index (χ0) is 11.4. The lowest BCUT2D eigenvalue weighted by Crippen LogP contribution is -2.14. The summed E-state index contributed by atoms with van der Waals surface area (Å²) in [4.78, 5) is 12.3. The Kier molecular flexibility index (Phi) is 3.81. The number of rotatable bonds is 3. The molecule has 1 aliphatic carbocycles. The van der Waals surface area contributed by atoms with Crippen LogP contribution in [-0.2, 0) is 6.42 Å². The fourth-order valence-electron chi connectivity index (χ4n) is 2.60. The Balaban J connectivity index is 2.11. The van der Waals surface area contributed by atoms with E-state index in [1.165, 1.54) is 25.7 Å². The predicted octanol–water partition coefficient (Wildman–Crippen LogP) is 4.00. The molecule has 0 unspecified atom stereocenters. The molecule has 1 fully saturated rings. The van der Waals surface area contributed by atoms with Gasteiger partial charge < -0.3 is 4.42 Å². The van der Waals surface area contributed by atoms with Crippen molar-refractivity contribution in [3.63, 3.8) is 0 Å². The molecule has 1 aliphatic rings. The summed E-state index contributed by atoms with van der Waals surface area (Å²) in [5, 5.41) is 0. The lowest BCUT2D eigenvalue weighted by atomic mass is 9.91. The molecule has 88 valence electrons. The second-order valence-electron chi connectivity index (χ2n) is 4.66. The highest BCUT2D eigenvalue weighted by Crippen LogP contribution is 2.27. The zero-order valence-corrected chi connectivity index (χ0v) is 10.00. The fraction of sp³-hybridized carbons (Fsp3) is 0.643. The van der Waals surface area contributed by atoms with Crippen molar-refractivity contribution >= 4 is 5.78 Å². The van der Waals surface area contributed by atoms with Crippen molar-refractivity contribution in [2.75, 3.05) is 0 Å². The number of aryl methyl sites for hydroxylation is 1. The number of hydrogen-bond donors (Lipinski definition) is 0. The summed E-state index contributed by atoms with van der Waals surface area (Å²) in [6.07, 6.45) is 9.56. The van der Waals surface area contributed by atoms with E-state index in [2.05, 4.69) is 0 Å². The smallest absolute Gasteiger partial charge is 0.169 e. The molecule has 0 amide bonds. The van der Waals surface area contributed by atoms with E-state index in [9.17, 15) is 4.79 Å². The summed E-state index contributed by atoms with van der Waals surface area (Å²) in [6, 6.07) is 1.84. The third kappa shape index (κ3) is 2.37. The van der Waals surface area contributed by atoms with E-state index in [0.717, 1.165) is 30.6 Å². The van der Waals surface area contributed by atoms with Gasteiger partial charge in [-0.15, -0.1) is 0 Å². The second-order valence-corrected chi connectivity index (χ2v) is 4.66. The van der Waals surface area contributed by atoms with Gasteiger partial charge in [-0.2, -0.15) is 0 Å². The highest BCUT2D eigenvalue weighted by molar-refractivity contribution is 5.98. The molecular weight excluding hydrogens is 200 g/mol. The van der Waals surface area contributed by atoms with Crippen LogP contribution >= 0.6 is 0 Å². The molecule has 0 radical (unpaired) electrons. The lowest BCUT2D eigenvalue weighted by molar-refractivity contribution is 0.0906. The molecule has 2 heteroatoms. The van der Waals surface area contributed by atoms with E-state index in [4.69, 9.17) is 4.42 Å². The summed E-state index contributed by atoms with van der Waals surface area (Å²) in [5.41, 5.74) is 0.828. The summed E-state index contributed by atoms with van der Waals surface area (Å²) >= 11 is 0. The van der Waals surface area contributed by atoms with Gasteiger partial charge in [-0.3, -0.25) is 4.79 Å². The first-order valence-corrected chi connectivity index (χ1v) is 6.43. The molecule has 1 heterocycles. The van der Waals surface area contributed by atoms with Gasteiger partial charge in [-0.25, -0.2) is 0 Å². The molecule has 2 rings (SSSR count). The molecular formula is C14H20O2. The molecule has 0 atom stereocenters. The standard InChI is InChI=1S/C14H20O2/c1-2-13-12(9-10-16-13)14(15)11-7-5-3-4-6-8-11/h9-11H,2-8H2,1H3. The van der Waals surface area contributed by atoms with Crippen LogP contribution in [0.3, 0.4) is 0 Å². The predicted molar refractivity (Wildman–Crippen MR) is 63.6 cm³/mol. The Morgan fingerprint density at radius 1 is 1.31 bits per heavy atom. The van der Waals surface area contributed by atoms with Crippen molar-refractivity contribution in [1.29, 1.82) is 0 Å². The monoisotopic (exact) mass is 220 g/mol. The van der Waals surface area contributed by atoms with E-state index >= 15 is 0 Å². The maximum Gasteiger partial charge on any atom is 0.169 e. The minimum atomic E-state index is 0.241. The van der Waals surface area contributed by atoms with Crippen LogP contribution in [0.4, 0.5) is 0 Å². The van der Waals surface area contributed by atoms with Gasteiger partial charge in [-0.05, 0) is 18.9 Å². The molecule has 0 saturated heterocycles. The first kappa shape index (κ1) is 11.4. The second kappa shape index (κ2) is 5.33. The summed E-state index contributed by atoms with van der Waals surface area (Å²) < 4.78 is 5.34. The van der Waals surface area contributed by atoms with Crippen LogP contribution in [-0.4, -0.2) is 5.78 Å². The van der Waals surface area contributed by atoms with E-state index in [-0.39, 0.29) is 5.92 Å². The van der Waals surface area contributed by atoms with Crippen LogP contribution in [0.15, 0.2) is 16.7 Å². The number of furan rings is 1. The van der Waals surface area contributed by atoms with Crippen molar-refractivity contribution in [3.05, 3.63) is 23.7 Å². The number of hydrogen-bond acceptors (Lipinski definition) is 2. The SMILES string of the molecule is CCc1occc1C(=O)C1CCCCCC1. The molecule has 1 aromatic heterocycles. The summed E-state index contributed by atoms with van der Waals surface area (Å²) in [6.45, 7) is 2.03. The third-order valence-electron chi connectivity index (χ3n) is 3.56. The topological polar surface area (TPSA) is 30.2 Å². The summed E-state index contributed by atoms with van der Waals surface area (Å²) in [7, 11) is 0. The number of carbonyl (C=O) groups excluding carboxylic acids is 1. The molecule has 1 saturated carbocycles. The van der Waals surface area contributed by atoms with Crippen molar-refractivity contribution in [2.24, 2.45) is 5.92 Å². The van der Waals surface area contributed by atoms with Crippen molar-refractivity contribution in [2.45, 2.75) is 51.9 Å². The average Bonchev–Trinajstić information content (AvgIpc) is 2.61. The molecule has 0 N–H and O–H groups in total. The molecule has 0 spiro atoms. The van der Waals surface area contributed by atoms with Crippen LogP contribution in [0, 0.1) is 5.92 Å². The van der Waals surface area contributed by atoms with Crippen LogP contribution in [0.1, 0.15) is 61.6 Å². The highest BCUT2D eigenvalue weighted by atomic mass is 16.3. The lowest BCUT2D eigenvalue weighted by Gasteiger charge is -2.11. The Morgan fingerprint density at radius 3 is 2.62 bits per heavy atom. The maximum absolute atomic E-state index is 12.3. The number of Topliss-reactive ketones (excluding diaryl/α,β-unsaturated/α-hetero) is 1. The average molecular weight is 220 g/mol. The third-order valence-corrected chi connectivity index (χ3v) is 3.56. The number of ketones is 1.